The van der Waals surface area contributed by atoms with Gasteiger partial charge in [0.15, 0.2) is 17.4 Å². The fraction of sp³-hybridized carbons (Fsp3) is 0.364. The maximum absolute atomic E-state index is 13.1. The Labute approximate surface area is 92.1 Å². The number of hydrogen-bond acceptors (Lipinski definition) is 1. The van der Waals surface area contributed by atoms with Crippen LogP contribution >= 0.6 is 11.6 Å². The van der Waals surface area contributed by atoms with E-state index in [0.717, 1.165) is 6.07 Å². The van der Waals surface area contributed by atoms with Crippen molar-refractivity contribution in [2.45, 2.75) is 19.3 Å². The van der Waals surface area contributed by atoms with Crippen molar-refractivity contribution < 1.29 is 13.6 Å². The van der Waals surface area contributed by atoms with Crippen LogP contribution < -0.4 is 0 Å². The Kier molecular flexibility index (Phi) is 4.69. The quantitative estimate of drug-likeness (QED) is 0.431. The van der Waals surface area contributed by atoms with Gasteiger partial charge >= 0.3 is 0 Å². The summed E-state index contributed by atoms with van der Waals surface area (Å²) in [6.07, 6.45) is 1.50. The highest BCUT2D eigenvalue weighted by molar-refractivity contribution is 6.17. The molecule has 0 aromatic heterocycles. The zero-order valence-corrected chi connectivity index (χ0v) is 8.86. The molecule has 0 amide bonds. The van der Waals surface area contributed by atoms with E-state index in [-0.39, 0.29) is 17.8 Å². The van der Waals surface area contributed by atoms with Crippen molar-refractivity contribution >= 4 is 17.4 Å². The average molecular weight is 233 g/mol. The van der Waals surface area contributed by atoms with Gasteiger partial charge in [0, 0.05) is 12.3 Å². The first-order valence-electron chi connectivity index (χ1n) is 4.70. The predicted molar refractivity (Wildman–Crippen MR) is 55.3 cm³/mol. The van der Waals surface area contributed by atoms with Gasteiger partial charge in [-0.05, 0) is 25.0 Å². The summed E-state index contributed by atoms with van der Waals surface area (Å²) in [6.45, 7) is 0. The zero-order chi connectivity index (χ0) is 11.3. The summed E-state index contributed by atoms with van der Waals surface area (Å²) in [7, 11) is 0. The van der Waals surface area contributed by atoms with E-state index >= 15 is 0 Å². The highest BCUT2D eigenvalue weighted by atomic mass is 35.5. The van der Waals surface area contributed by atoms with Crippen molar-refractivity contribution in [3.8, 4) is 0 Å². The van der Waals surface area contributed by atoms with Crippen molar-refractivity contribution in [1.82, 2.24) is 0 Å². The average Bonchev–Trinajstić information content (AvgIpc) is 2.22. The molecule has 0 spiro atoms. The summed E-state index contributed by atoms with van der Waals surface area (Å²) < 4.78 is 25.9. The third-order valence-corrected chi connectivity index (χ3v) is 2.31. The minimum atomic E-state index is -1.06. The lowest BCUT2D eigenvalue weighted by Crippen LogP contribution is -2.04. The summed E-state index contributed by atoms with van der Waals surface area (Å²) in [4.78, 5) is 11.4. The molecule has 15 heavy (non-hydrogen) atoms. The lowest BCUT2D eigenvalue weighted by atomic mass is 10.1. The van der Waals surface area contributed by atoms with E-state index in [0.29, 0.717) is 18.7 Å². The van der Waals surface area contributed by atoms with Crippen LogP contribution in [-0.4, -0.2) is 11.7 Å². The Bertz CT molecular complexity index is 352. The number of carbonyl (C=O) groups excluding carboxylic acids is 1. The molecule has 0 fully saturated rings. The van der Waals surface area contributed by atoms with E-state index in [4.69, 9.17) is 11.6 Å². The molecule has 1 aromatic rings. The van der Waals surface area contributed by atoms with E-state index in [2.05, 4.69) is 0 Å². The zero-order valence-electron chi connectivity index (χ0n) is 8.10. The van der Waals surface area contributed by atoms with Gasteiger partial charge in [0.2, 0.25) is 0 Å². The van der Waals surface area contributed by atoms with Crippen LogP contribution in [0.1, 0.15) is 29.6 Å². The van der Waals surface area contributed by atoms with E-state index in [1.807, 2.05) is 0 Å². The molecule has 4 heteroatoms. The van der Waals surface area contributed by atoms with E-state index in [9.17, 15) is 13.6 Å². The molecule has 0 aliphatic rings. The summed E-state index contributed by atoms with van der Waals surface area (Å²) in [5.41, 5.74) is -0.176. The molecular weight excluding hydrogens is 222 g/mol. The van der Waals surface area contributed by atoms with Crippen LogP contribution in [0.2, 0.25) is 0 Å². The predicted octanol–water partition coefficient (Wildman–Crippen LogP) is 3.56. The lowest BCUT2D eigenvalue weighted by Gasteiger charge is -2.02. The first-order chi connectivity index (χ1) is 7.16. The highest BCUT2D eigenvalue weighted by Crippen LogP contribution is 2.14. The summed E-state index contributed by atoms with van der Waals surface area (Å²) in [5.74, 6) is -1.96. The summed E-state index contributed by atoms with van der Waals surface area (Å²) in [5, 5.41) is 0. The largest absolute Gasteiger partial charge is 0.294 e. The van der Waals surface area contributed by atoms with Crippen LogP contribution in [0.4, 0.5) is 8.78 Å². The number of carbonyl (C=O) groups is 1. The molecule has 0 unspecified atom stereocenters. The van der Waals surface area contributed by atoms with Gasteiger partial charge in [-0.3, -0.25) is 4.79 Å². The molecule has 1 rings (SSSR count). The molecule has 0 heterocycles. The van der Waals surface area contributed by atoms with Crippen LogP contribution in [0.15, 0.2) is 18.2 Å². The summed E-state index contributed by atoms with van der Waals surface area (Å²) in [6, 6.07) is 3.61. The van der Waals surface area contributed by atoms with Gasteiger partial charge in [0.25, 0.3) is 0 Å². The number of ketones is 1. The Balaban J connectivity index is 2.69. The maximum Gasteiger partial charge on any atom is 0.169 e. The van der Waals surface area contributed by atoms with Gasteiger partial charge in [-0.15, -0.1) is 11.6 Å². The molecule has 82 valence electrons. The van der Waals surface area contributed by atoms with Crippen molar-refractivity contribution in [2.24, 2.45) is 0 Å². The van der Waals surface area contributed by atoms with Crippen LogP contribution in [0.5, 0.6) is 0 Å². The molecule has 1 aromatic carbocycles. The second-order valence-electron chi connectivity index (χ2n) is 3.17. The molecule has 0 saturated carbocycles. The Morgan fingerprint density at radius 2 is 2.00 bits per heavy atom. The van der Waals surface area contributed by atoms with Crippen molar-refractivity contribution in [2.75, 3.05) is 5.88 Å². The molecular formula is C11H11ClF2O. The molecule has 0 N–H and O–H groups in total. The lowest BCUT2D eigenvalue weighted by molar-refractivity contribution is 0.0975. The Hall–Kier alpha value is -0.960. The minimum absolute atomic E-state index is 0.176. The van der Waals surface area contributed by atoms with E-state index < -0.39 is 11.6 Å². The summed E-state index contributed by atoms with van der Waals surface area (Å²) >= 11 is 5.44. The van der Waals surface area contributed by atoms with Crippen LogP contribution in [0, 0.1) is 11.6 Å². The van der Waals surface area contributed by atoms with Crippen LogP contribution in [0.3, 0.4) is 0 Å². The second kappa shape index (κ2) is 5.81. The topological polar surface area (TPSA) is 17.1 Å². The van der Waals surface area contributed by atoms with Gasteiger partial charge in [-0.1, -0.05) is 6.07 Å². The number of Topliss-reactive ketones (excluding diaryl/α,β-unsaturated/α-hetero) is 1. The van der Waals surface area contributed by atoms with Gasteiger partial charge in [-0.2, -0.15) is 0 Å². The molecule has 0 radical (unpaired) electrons. The number of halogens is 3. The molecule has 0 bridgehead atoms. The smallest absolute Gasteiger partial charge is 0.169 e. The number of rotatable bonds is 5. The van der Waals surface area contributed by atoms with Crippen molar-refractivity contribution in [1.29, 1.82) is 0 Å². The fourth-order valence-corrected chi connectivity index (χ4v) is 1.42. The van der Waals surface area contributed by atoms with E-state index in [1.54, 1.807) is 0 Å². The van der Waals surface area contributed by atoms with Crippen LogP contribution in [0.25, 0.3) is 0 Å². The highest BCUT2D eigenvalue weighted by Gasteiger charge is 2.14. The normalized spacial score (nSPS) is 10.3. The Morgan fingerprint density at radius 3 is 2.67 bits per heavy atom. The first-order valence-corrected chi connectivity index (χ1v) is 5.23. The standard InChI is InChI=1S/C11H11ClF2O/c12-7-2-1-6-10(15)8-4-3-5-9(13)11(8)14/h3-5H,1-2,6-7H2. The first kappa shape index (κ1) is 12.1. The van der Waals surface area contributed by atoms with Gasteiger partial charge < -0.3 is 0 Å². The molecule has 0 saturated heterocycles. The third kappa shape index (κ3) is 3.27. The third-order valence-electron chi connectivity index (χ3n) is 2.04. The van der Waals surface area contributed by atoms with Crippen LogP contribution in [-0.2, 0) is 0 Å². The minimum Gasteiger partial charge on any atom is -0.294 e. The monoisotopic (exact) mass is 232 g/mol. The van der Waals surface area contributed by atoms with Crippen molar-refractivity contribution in [3.63, 3.8) is 0 Å². The number of unbranched alkanes of at least 4 members (excludes halogenated alkanes) is 1. The Morgan fingerprint density at radius 1 is 1.27 bits per heavy atom. The maximum atomic E-state index is 13.1. The van der Waals surface area contributed by atoms with E-state index in [1.165, 1.54) is 12.1 Å². The molecule has 0 atom stereocenters. The SMILES string of the molecule is O=C(CCCCCl)c1cccc(F)c1F. The van der Waals surface area contributed by atoms with Gasteiger partial charge in [-0.25, -0.2) is 8.78 Å². The van der Waals surface area contributed by atoms with Gasteiger partial charge in [0.1, 0.15) is 0 Å². The van der Waals surface area contributed by atoms with Crippen molar-refractivity contribution in [3.05, 3.63) is 35.4 Å². The molecule has 0 aliphatic heterocycles. The van der Waals surface area contributed by atoms with Gasteiger partial charge in [0.05, 0.1) is 5.56 Å². The molecule has 1 nitrogen and oxygen atoms in total. The number of hydrogen-bond donors (Lipinski definition) is 0. The second-order valence-corrected chi connectivity index (χ2v) is 3.55. The molecule has 0 aliphatic carbocycles. The number of alkyl halides is 1. The fourth-order valence-electron chi connectivity index (χ4n) is 1.23. The number of benzene rings is 1.